The van der Waals surface area contributed by atoms with E-state index in [4.69, 9.17) is 5.26 Å². The van der Waals surface area contributed by atoms with Gasteiger partial charge in [-0.15, -0.1) is 0 Å². The molecule has 4 heteroatoms. The molecule has 0 saturated heterocycles. The van der Waals surface area contributed by atoms with E-state index in [1.54, 1.807) is 22.8 Å². The topological polar surface area (TPSA) is 27.0 Å². The number of alkyl halides is 2. The van der Waals surface area contributed by atoms with Crippen LogP contribution >= 0.6 is 31.9 Å². The standard InChI is InChI=1S/C27H35Br2N.C2H3N/c1-2-19-30(21-22-10-4-3-5-11-22)20-7-12-23-24(26(28)15-8-16-26)13-6-14-25(23)27(29)17-9-18-27;1-2-3/h3-6,10-11,13-14H,2,7-9,12,15-21H2,1H3;1H3. The van der Waals surface area contributed by atoms with Gasteiger partial charge in [0.1, 0.15) is 0 Å². The van der Waals surface area contributed by atoms with Gasteiger partial charge in [-0.3, -0.25) is 4.90 Å². The third-order valence-corrected chi connectivity index (χ3v) is 9.56. The minimum atomic E-state index is 0.221. The fraction of sp³-hybridized carbons (Fsp3) is 0.552. The molecular formula is C29H38Br2N2. The van der Waals surface area contributed by atoms with Crippen LogP contribution in [0.2, 0.25) is 0 Å². The Balaban J connectivity index is 0.000000968. The van der Waals surface area contributed by atoms with E-state index >= 15 is 0 Å². The van der Waals surface area contributed by atoms with Crippen molar-refractivity contribution in [1.82, 2.24) is 4.90 Å². The van der Waals surface area contributed by atoms with E-state index < -0.39 is 0 Å². The number of hydrogen-bond donors (Lipinski definition) is 0. The summed E-state index contributed by atoms with van der Waals surface area (Å²) in [6.07, 6.45) is 11.4. The van der Waals surface area contributed by atoms with Gasteiger partial charge in [0.05, 0.1) is 14.7 Å². The quantitative estimate of drug-likeness (QED) is 0.266. The van der Waals surface area contributed by atoms with Crippen molar-refractivity contribution < 1.29 is 0 Å². The van der Waals surface area contributed by atoms with Crippen LogP contribution in [0.3, 0.4) is 0 Å². The lowest BCUT2D eigenvalue weighted by atomic mass is 9.72. The smallest absolute Gasteiger partial charge is 0.0587 e. The molecule has 0 aromatic heterocycles. The molecule has 2 aromatic carbocycles. The monoisotopic (exact) mass is 572 g/mol. The molecule has 0 atom stereocenters. The molecule has 0 unspecified atom stereocenters. The highest BCUT2D eigenvalue weighted by atomic mass is 79.9. The average molecular weight is 574 g/mol. The summed E-state index contributed by atoms with van der Waals surface area (Å²) in [5.74, 6) is 0. The summed E-state index contributed by atoms with van der Waals surface area (Å²) >= 11 is 8.26. The first-order chi connectivity index (χ1) is 16.0. The molecule has 2 aromatic rings. The van der Waals surface area contributed by atoms with Gasteiger partial charge >= 0.3 is 0 Å². The molecule has 0 heterocycles. The van der Waals surface area contributed by atoms with Crippen molar-refractivity contribution in [2.24, 2.45) is 0 Å². The fourth-order valence-corrected chi connectivity index (χ4v) is 6.98. The Labute approximate surface area is 218 Å². The zero-order valence-corrected chi connectivity index (χ0v) is 23.4. The number of halogens is 2. The highest BCUT2D eigenvalue weighted by Crippen LogP contribution is 2.55. The van der Waals surface area contributed by atoms with Crippen LogP contribution in [-0.4, -0.2) is 18.0 Å². The fourth-order valence-electron chi connectivity index (χ4n) is 5.12. The first-order valence-electron chi connectivity index (χ1n) is 12.5. The van der Waals surface area contributed by atoms with Crippen LogP contribution in [0.5, 0.6) is 0 Å². The molecule has 2 saturated carbocycles. The lowest BCUT2D eigenvalue weighted by Crippen LogP contribution is -2.33. The second-order valence-electron chi connectivity index (χ2n) is 9.56. The zero-order valence-electron chi connectivity index (χ0n) is 20.3. The van der Waals surface area contributed by atoms with E-state index in [-0.39, 0.29) is 8.65 Å². The first kappa shape index (κ1) is 26.5. The molecule has 178 valence electrons. The number of hydrogen-bond acceptors (Lipinski definition) is 2. The molecule has 2 aliphatic carbocycles. The summed E-state index contributed by atoms with van der Waals surface area (Å²) in [5.41, 5.74) is 6.20. The second-order valence-corrected chi connectivity index (χ2v) is 12.6. The molecule has 0 radical (unpaired) electrons. The van der Waals surface area contributed by atoms with Crippen molar-refractivity contribution in [2.45, 2.75) is 86.8 Å². The number of benzene rings is 2. The van der Waals surface area contributed by atoms with Crippen LogP contribution in [-0.2, 0) is 21.6 Å². The van der Waals surface area contributed by atoms with Crippen molar-refractivity contribution in [2.75, 3.05) is 13.1 Å². The normalized spacial score (nSPS) is 17.8. The van der Waals surface area contributed by atoms with Gasteiger partial charge < -0.3 is 0 Å². The summed E-state index contributed by atoms with van der Waals surface area (Å²) in [7, 11) is 0. The average Bonchev–Trinajstić information content (AvgIpc) is 2.77. The summed E-state index contributed by atoms with van der Waals surface area (Å²) in [4.78, 5) is 2.64. The van der Waals surface area contributed by atoms with Crippen LogP contribution in [0.1, 0.15) is 87.5 Å². The van der Waals surface area contributed by atoms with Crippen LogP contribution in [0, 0.1) is 11.3 Å². The van der Waals surface area contributed by atoms with Crippen molar-refractivity contribution in [1.29, 1.82) is 5.26 Å². The third kappa shape index (κ3) is 6.71. The molecule has 4 rings (SSSR count). The van der Waals surface area contributed by atoms with Crippen LogP contribution in [0.25, 0.3) is 0 Å². The van der Waals surface area contributed by atoms with Gasteiger partial charge in [-0.05, 0) is 93.1 Å². The minimum Gasteiger partial charge on any atom is -0.299 e. The Morgan fingerprint density at radius 2 is 1.42 bits per heavy atom. The maximum atomic E-state index is 7.32. The summed E-state index contributed by atoms with van der Waals surface area (Å²) < 4.78 is 0.442. The predicted octanol–water partition coefficient (Wildman–Crippen LogP) is 8.61. The maximum absolute atomic E-state index is 7.32. The van der Waals surface area contributed by atoms with E-state index in [9.17, 15) is 0 Å². The minimum absolute atomic E-state index is 0.221. The molecule has 2 aliphatic rings. The Morgan fingerprint density at radius 1 is 0.879 bits per heavy atom. The van der Waals surface area contributed by atoms with E-state index in [1.165, 1.54) is 83.4 Å². The van der Waals surface area contributed by atoms with Crippen molar-refractivity contribution >= 4 is 31.9 Å². The van der Waals surface area contributed by atoms with Crippen molar-refractivity contribution in [3.05, 3.63) is 70.8 Å². The van der Waals surface area contributed by atoms with E-state index in [0.717, 1.165) is 6.54 Å². The van der Waals surface area contributed by atoms with Gasteiger partial charge in [-0.25, -0.2) is 0 Å². The Bertz CT molecular complexity index is 873. The lowest BCUT2D eigenvalue weighted by molar-refractivity contribution is 0.262. The van der Waals surface area contributed by atoms with E-state index in [1.807, 2.05) is 0 Å². The Hall–Kier alpha value is -1.15. The van der Waals surface area contributed by atoms with Crippen LogP contribution in [0.4, 0.5) is 0 Å². The molecule has 0 spiro atoms. The molecular weight excluding hydrogens is 536 g/mol. The highest BCUT2D eigenvalue weighted by molar-refractivity contribution is 9.10. The number of nitriles is 1. The zero-order chi connectivity index (χ0) is 23.7. The molecule has 2 fully saturated rings. The van der Waals surface area contributed by atoms with Crippen LogP contribution < -0.4 is 0 Å². The molecule has 0 bridgehead atoms. The summed E-state index contributed by atoms with van der Waals surface area (Å²) in [6.45, 7) is 7.13. The maximum Gasteiger partial charge on any atom is 0.0587 e. The first-order valence-corrected chi connectivity index (χ1v) is 14.1. The number of rotatable bonds is 10. The summed E-state index contributed by atoms with van der Waals surface area (Å²) in [6, 6.07) is 19.8. The Kier molecular flexibility index (Phi) is 10.0. The van der Waals surface area contributed by atoms with Gasteiger partial charge in [0, 0.05) is 13.5 Å². The van der Waals surface area contributed by atoms with Gasteiger partial charge in [-0.1, -0.05) is 87.3 Å². The SMILES string of the molecule is CC#N.CCCN(CCCc1c(C2(Br)CCC2)cccc1C1(Br)CCC1)Cc1ccccc1. The lowest BCUT2D eigenvalue weighted by Gasteiger charge is -2.43. The predicted molar refractivity (Wildman–Crippen MR) is 147 cm³/mol. The van der Waals surface area contributed by atoms with E-state index in [0.29, 0.717) is 0 Å². The van der Waals surface area contributed by atoms with Crippen molar-refractivity contribution in [3.8, 4) is 6.07 Å². The van der Waals surface area contributed by atoms with Gasteiger partial charge in [0.15, 0.2) is 0 Å². The largest absolute Gasteiger partial charge is 0.299 e. The van der Waals surface area contributed by atoms with Gasteiger partial charge in [0.2, 0.25) is 0 Å². The second kappa shape index (κ2) is 12.5. The molecule has 0 aliphatic heterocycles. The molecule has 2 nitrogen and oxygen atoms in total. The van der Waals surface area contributed by atoms with Crippen LogP contribution in [0.15, 0.2) is 48.5 Å². The molecule has 33 heavy (non-hydrogen) atoms. The number of nitrogens with zero attached hydrogens (tertiary/aromatic N) is 2. The molecule has 0 amide bonds. The molecule has 0 N–H and O–H groups in total. The Morgan fingerprint density at radius 3 is 1.88 bits per heavy atom. The third-order valence-electron chi connectivity index (χ3n) is 7.12. The van der Waals surface area contributed by atoms with Crippen molar-refractivity contribution in [3.63, 3.8) is 0 Å². The summed E-state index contributed by atoms with van der Waals surface area (Å²) in [5, 5.41) is 7.32. The van der Waals surface area contributed by atoms with Gasteiger partial charge in [-0.2, -0.15) is 5.26 Å². The van der Waals surface area contributed by atoms with E-state index in [2.05, 4.69) is 92.2 Å². The van der Waals surface area contributed by atoms with Gasteiger partial charge in [0.25, 0.3) is 0 Å². The highest BCUT2D eigenvalue weighted by Gasteiger charge is 2.42.